The number of hydrogen-bond donors (Lipinski definition) is 4. The minimum atomic E-state index is -0.721. The highest BCUT2D eigenvalue weighted by Crippen LogP contribution is 2.33. The molecule has 0 fully saturated rings. The van der Waals surface area contributed by atoms with Gasteiger partial charge in [-0.1, -0.05) is 38.4 Å². The van der Waals surface area contributed by atoms with Crippen LogP contribution in [-0.4, -0.2) is 58.2 Å². The van der Waals surface area contributed by atoms with Crippen LogP contribution in [-0.2, 0) is 11.2 Å². The molecule has 0 saturated carbocycles. The van der Waals surface area contributed by atoms with Crippen LogP contribution in [0.1, 0.15) is 71.3 Å². The van der Waals surface area contributed by atoms with Gasteiger partial charge >= 0.3 is 0 Å². The number of aliphatic imine (C=N–C) groups is 1. The molecule has 0 amide bonds. The van der Waals surface area contributed by atoms with Crippen molar-refractivity contribution in [1.82, 2.24) is 0 Å². The van der Waals surface area contributed by atoms with Gasteiger partial charge in [-0.2, -0.15) is 11.6 Å². The summed E-state index contributed by atoms with van der Waals surface area (Å²) in [6.45, 7) is 6.26. The third-order valence-corrected chi connectivity index (χ3v) is 7.09. The average Bonchev–Trinajstić information content (AvgIpc) is 3.52. The number of phenols is 1. The number of ether oxygens (including phenoxy) is 2. The van der Waals surface area contributed by atoms with E-state index in [9.17, 15) is 20.4 Å². The lowest BCUT2D eigenvalue weighted by Crippen LogP contribution is -2.23. The number of rotatable bonds is 16. The number of hydrogen-bond acceptors (Lipinski definition) is 7. The highest BCUT2D eigenvalue weighted by atomic mass is 16.5. The summed E-state index contributed by atoms with van der Waals surface area (Å²) >= 11 is 0. The fraction of sp³-hybridized carbons (Fsp3) is 0.567. The molecule has 0 bridgehead atoms. The van der Waals surface area contributed by atoms with E-state index >= 15 is 0 Å². The number of benzene rings is 1. The molecule has 7 nitrogen and oxygen atoms in total. The smallest absolute Gasteiger partial charge is 0.176 e. The summed E-state index contributed by atoms with van der Waals surface area (Å²) in [6, 6.07) is 6.35. The standard InChI is InChI=1S/C30H43NO6/c1-4-5-6-29-24(19-32)17-26(37-29)10-8-22-9-12-28(35)30(15-22)36-14-13-25-16-23(18-31-25)20(2)7-11-27(34)21(3)33/h9,12,15-18,20-21,27,29,32-35H,4-8,10-11,13-14,19H2,1-3H3. The van der Waals surface area contributed by atoms with Gasteiger partial charge in [0, 0.05) is 18.6 Å². The number of nitrogens with zero attached hydrogens (tertiary/aromatic N) is 1. The quantitative estimate of drug-likeness (QED) is 0.236. The molecule has 2 aliphatic rings. The van der Waals surface area contributed by atoms with E-state index in [1.807, 2.05) is 24.4 Å². The lowest BCUT2D eigenvalue weighted by Gasteiger charge is -2.24. The van der Waals surface area contributed by atoms with Gasteiger partial charge in [0.2, 0.25) is 0 Å². The summed E-state index contributed by atoms with van der Waals surface area (Å²) in [7, 11) is 0. The number of phenolic OH excluding ortho intramolecular Hbond substituents is 1. The highest BCUT2D eigenvalue weighted by Gasteiger charge is 2.26. The summed E-state index contributed by atoms with van der Waals surface area (Å²) in [6.07, 6.45) is 11.9. The maximum absolute atomic E-state index is 10.3. The van der Waals surface area contributed by atoms with Crippen molar-refractivity contribution < 1.29 is 29.9 Å². The van der Waals surface area contributed by atoms with Gasteiger partial charge in [0.25, 0.3) is 0 Å². The fourth-order valence-corrected chi connectivity index (χ4v) is 4.53. The van der Waals surface area contributed by atoms with Crippen LogP contribution in [0.5, 0.6) is 11.5 Å². The number of allylic oxidation sites excluding steroid dienone is 1. The Morgan fingerprint density at radius 1 is 1.22 bits per heavy atom. The molecule has 2 aliphatic heterocycles. The molecule has 0 radical (unpaired) electrons. The Labute approximate surface area is 221 Å². The first-order valence-corrected chi connectivity index (χ1v) is 13.6. The fourth-order valence-electron chi connectivity index (χ4n) is 4.53. The van der Waals surface area contributed by atoms with Crippen LogP contribution in [0.4, 0.5) is 0 Å². The Balaban J connectivity index is 1.44. The van der Waals surface area contributed by atoms with Crippen LogP contribution >= 0.6 is 0 Å². The summed E-state index contributed by atoms with van der Waals surface area (Å²) < 4.78 is 12.0. The zero-order chi connectivity index (χ0) is 26.8. The van der Waals surface area contributed by atoms with Crippen molar-refractivity contribution in [2.75, 3.05) is 13.2 Å². The number of aryl methyl sites for hydroxylation is 1. The maximum Gasteiger partial charge on any atom is 0.176 e. The van der Waals surface area contributed by atoms with Crippen LogP contribution < -0.4 is 4.74 Å². The van der Waals surface area contributed by atoms with Crippen molar-refractivity contribution >= 4 is 6.21 Å². The van der Waals surface area contributed by atoms with Crippen molar-refractivity contribution in [3.05, 3.63) is 59.2 Å². The van der Waals surface area contributed by atoms with E-state index < -0.39 is 12.2 Å². The molecule has 0 spiro atoms. The summed E-state index contributed by atoms with van der Waals surface area (Å²) in [5, 5.41) is 39.2. The van der Waals surface area contributed by atoms with Gasteiger partial charge in [-0.25, -0.2) is 0 Å². The second-order valence-corrected chi connectivity index (χ2v) is 10.2. The SMILES string of the molecule is CCCCC1O[C-](CCc2ccc(O)c(OCC[C+]3C=C(C(C)CCC(O)C(C)O)C=N3)c2)C=C1CO. The van der Waals surface area contributed by atoms with Gasteiger partial charge in [-0.3, -0.25) is 0 Å². The molecule has 0 aliphatic carbocycles. The van der Waals surface area contributed by atoms with E-state index in [1.54, 1.807) is 13.0 Å². The van der Waals surface area contributed by atoms with Gasteiger partial charge in [0.05, 0.1) is 24.7 Å². The van der Waals surface area contributed by atoms with Gasteiger partial charge in [-0.15, -0.1) is 4.99 Å². The van der Waals surface area contributed by atoms with Gasteiger partial charge in [0.15, 0.2) is 23.8 Å². The van der Waals surface area contributed by atoms with E-state index in [-0.39, 0.29) is 24.4 Å². The van der Waals surface area contributed by atoms with Crippen LogP contribution in [0.15, 0.2) is 46.5 Å². The molecule has 0 saturated heterocycles. The normalized spacial score (nSPS) is 19.7. The van der Waals surface area contributed by atoms with Gasteiger partial charge in [-0.05, 0) is 57.2 Å². The van der Waals surface area contributed by atoms with Gasteiger partial charge in [0.1, 0.15) is 12.2 Å². The number of aliphatic hydroxyl groups excluding tert-OH is 3. The minimum absolute atomic E-state index is 0.0113. The molecular weight excluding hydrogens is 470 g/mol. The van der Waals surface area contributed by atoms with E-state index in [1.165, 1.54) is 0 Å². The predicted octanol–water partition coefficient (Wildman–Crippen LogP) is 4.83. The molecule has 2 heterocycles. The zero-order valence-electron chi connectivity index (χ0n) is 22.4. The molecule has 7 heteroatoms. The third-order valence-electron chi connectivity index (χ3n) is 7.09. The van der Waals surface area contributed by atoms with Crippen molar-refractivity contribution in [2.45, 2.75) is 90.4 Å². The van der Waals surface area contributed by atoms with Gasteiger partial charge < -0.3 is 29.9 Å². The Morgan fingerprint density at radius 2 is 2.03 bits per heavy atom. The van der Waals surface area contributed by atoms with Crippen molar-refractivity contribution in [3.8, 4) is 11.5 Å². The first-order chi connectivity index (χ1) is 17.8. The Hall–Kier alpha value is -2.45. The lowest BCUT2D eigenvalue weighted by molar-refractivity contribution is 0.0235. The van der Waals surface area contributed by atoms with E-state index in [2.05, 4.69) is 24.9 Å². The minimum Gasteiger partial charge on any atom is -0.504 e. The molecular formula is C30H43NO6. The monoisotopic (exact) mass is 513 g/mol. The Kier molecular flexibility index (Phi) is 11.4. The summed E-state index contributed by atoms with van der Waals surface area (Å²) in [4.78, 5) is 4.49. The molecule has 204 valence electrons. The Bertz CT molecular complexity index is 940. The van der Waals surface area contributed by atoms with Crippen molar-refractivity contribution in [1.29, 1.82) is 0 Å². The second kappa shape index (κ2) is 14.5. The Morgan fingerprint density at radius 3 is 2.76 bits per heavy atom. The predicted molar refractivity (Wildman–Crippen MR) is 145 cm³/mol. The first kappa shape index (κ1) is 29.1. The second-order valence-electron chi connectivity index (χ2n) is 10.2. The van der Waals surface area contributed by atoms with Crippen molar-refractivity contribution in [2.24, 2.45) is 10.9 Å². The lowest BCUT2D eigenvalue weighted by atomic mass is 9.94. The molecule has 0 aromatic heterocycles. The third kappa shape index (κ3) is 8.82. The largest absolute Gasteiger partial charge is 0.504 e. The van der Waals surface area contributed by atoms with Crippen LogP contribution in [0.25, 0.3) is 0 Å². The van der Waals surface area contributed by atoms with Crippen molar-refractivity contribution in [3.63, 3.8) is 0 Å². The van der Waals surface area contributed by atoms with Crippen LogP contribution in [0.3, 0.4) is 0 Å². The van der Waals surface area contributed by atoms with E-state index in [4.69, 9.17) is 9.47 Å². The number of aliphatic hydroxyl groups is 3. The molecule has 4 N–H and O–H groups in total. The number of aromatic hydroxyl groups is 1. The molecule has 1 aromatic carbocycles. The van der Waals surface area contributed by atoms with Crippen LogP contribution in [0.2, 0.25) is 0 Å². The first-order valence-electron chi connectivity index (χ1n) is 13.6. The average molecular weight is 514 g/mol. The highest BCUT2D eigenvalue weighted by molar-refractivity contribution is 5.83. The molecule has 4 unspecified atom stereocenters. The maximum atomic E-state index is 10.3. The van der Waals surface area contributed by atoms with E-state index in [0.29, 0.717) is 25.2 Å². The molecule has 37 heavy (non-hydrogen) atoms. The van der Waals surface area contributed by atoms with Crippen LogP contribution in [0, 0.1) is 18.1 Å². The zero-order valence-corrected chi connectivity index (χ0v) is 22.4. The molecule has 1 aromatic rings. The topological polar surface area (TPSA) is 112 Å². The number of unbranched alkanes of at least 4 members (excludes halogenated alkanes) is 1. The summed E-state index contributed by atoms with van der Waals surface area (Å²) in [5.74, 6) is 0.801. The molecule has 3 rings (SSSR count). The van der Waals surface area contributed by atoms with E-state index in [0.717, 1.165) is 67.4 Å². The summed E-state index contributed by atoms with van der Waals surface area (Å²) in [5.41, 5.74) is 3.11. The molecule has 4 atom stereocenters.